The maximum atomic E-state index is 12.4. The monoisotopic (exact) mass is 427 g/mol. The molecule has 0 saturated carbocycles. The summed E-state index contributed by atoms with van der Waals surface area (Å²) in [6.07, 6.45) is 1.12. The topological polar surface area (TPSA) is 71.5 Å². The van der Waals surface area contributed by atoms with Crippen LogP contribution in [0.5, 0.6) is 5.75 Å². The Kier molecular flexibility index (Phi) is 7.37. The van der Waals surface area contributed by atoms with Gasteiger partial charge in [-0.1, -0.05) is 23.9 Å². The number of benzene rings is 1. The molecule has 2 heterocycles. The number of aryl methyl sites for hydroxylation is 2. The van der Waals surface area contributed by atoms with Crippen molar-refractivity contribution in [3.05, 3.63) is 47.2 Å². The molecule has 1 N–H and O–H groups in total. The van der Waals surface area contributed by atoms with Gasteiger partial charge in [-0.05, 0) is 63.4 Å². The predicted octanol–water partition coefficient (Wildman–Crippen LogP) is 4.02. The largest absolute Gasteiger partial charge is 0.491 e. The molecular weight excluding hydrogens is 398 g/mol. The normalized spacial score (nSPS) is 13.4. The zero-order chi connectivity index (χ0) is 21.7. The fraction of sp³-hybridized carbons (Fsp3) is 0.435. The number of thioether (sulfide) groups is 1. The highest BCUT2D eigenvalue weighted by molar-refractivity contribution is 8.00. The smallest absolute Gasteiger partial charge is 0.237 e. The van der Waals surface area contributed by atoms with Gasteiger partial charge in [-0.2, -0.15) is 0 Å². The molecule has 0 radical (unpaired) electrons. The lowest BCUT2D eigenvalue weighted by atomic mass is 10.1. The summed E-state index contributed by atoms with van der Waals surface area (Å²) in [5.41, 5.74) is 3.92. The molecule has 160 valence electrons. The Morgan fingerprint density at radius 1 is 1.27 bits per heavy atom. The van der Waals surface area contributed by atoms with Crippen molar-refractivity contribution in [1.29, 1.82) is 0 Å². The predicted molar refractivity (Wildman–Crippen MR) is 120 cm³/mol. The standard InChI is InChI=1S/C23H29N3O3S/c1-15(2)29-19-9-7-18(8-10-19)13-24-20(27)6-5-11-26-21(28)14-30-23-22(26)16(3)12-17(4)25-23/h7-10,12,15H,5-6,11,13-14H2,1-4H3,(H,24,27). The van der Waals surface area contributed by atoms with Crippen LogP contribution in [0.3, 0.4) is 0 Å². The van der Waals surface area contributed by atoms with Crippen LogP contribution in [0, 0.1) is 13.8 Å². The van der Waals surface area contributed by atoms with E-state index in [1.807, 2.05) is 58.0 Å². The number of carbonyl (C=O) groups is 2. The summed E-state index contributed by atoms with van der Waals surface area (Å²) in [7, 11) is 0. The van der Waals surface area contributed by atoms with E-state index in [0.717, 1.165) is 33.3 Å². The lowest BCUT2D eigenvalue weighted by molar-refractivity contribution is -0.121. The van der Waals surface area contributed by atoms with Gasteiger partial charge < -0.3 is 15.0 Å². The van der Waals surface area contributed by atoms with E-state index < -0.39 is 0 Å². The van der Waals surface area contributed by atoms with Gasteiger partial charge in [-0.15, -0.1) is 0 Å². The number of carbonyl (C=O) groups excluding carboxylic acids is 2. The second-order valence-electron chi connectivity index (χ2n) is 7.76. The molecule has 1 aromatic heterocycles. The molecule has 0 atom stereocenters. The van der Waals surface area contributed by atoms with E-state index in [-0.39, 0.29) is 17.9 Å². The molecule has 0 saturated heterocycles. The Balaban J connectivity index is 1.49. The van der Waals surface area contributed by atoms with Gasteiger partial charge in [0, 0.05) is 25.2 Å². The average Bonchev–Trinajstić information content (AvgIpc) is 2.68. The molecule has 2 aromatic rings. The van der Waals surface area contributed by atoms with Crippen LogP contribution in [0.25, 0.3) is 0 Å². The number of aromatic nitrogens is 1. The van der Waals surface area contributed by atoms with Crippen molar-refractivity contribution in [3.8, 4) is 5.75 Å². The van der Waals surface area contributed by atoms with Gasteiger partial charge in [0.1, 0.15) is 10.8 Å². The molecule has 0 unspecified atom stereocenters. The first kappa shape index (κ1) is 22.2. The maximum Gasteiger partial charge on any atom is 0.237 e. The number of hydrogen-bond acceptors (Lipinski definition) is 5. The molecule has 2 amide bonds. The van der Waals surface area contributed by atoms with Gasteiger partial charge in [0.25, 0.3) is 0 Å². The zero-order valence-corrected chi connectivity index (χ0v) is 18.8. The van der Waals surface area contributed by atoms with Gasteiger partial charge in [0.2, 0.25) is 11.8 Å². The molecule has 30 heavy (non-hydrogen) atoms. The van der Waals surface area contributed by atoms with Crippen molar-refractivity contribution < 1.29 is 14.3 Å². The third-order valence-electron chi connectivity index (χ3n) is 4.75. The molecular formula is C23H29N3O3S. The van der Waals surface area contributed by atoms with Gasteiger partial charge >= 0.3 is 0 Å². The van der Waals surface area contributed by atoms with Crippen LogP contribution in [0.15, 0.2) is 35.4 Å². The lowest BCUT2D eigenvalue weighted by Crippen LogP contribution is -2.37. The van der Waals surface area contributed by atoms with Crippen LogP contribution in [-0.2, 0) is 16.1 Å². The van der Waals surface area contributed by atoms with Crippen molar-refractivity contribution in [2.24, 2.45) is 0 Å². The minimum Gasteiger partial charge on any atom is -0.491 e. The Hall–Kier alpha value is -2.54. The van der Waals surface area contributed by atoms with E-state index in [1.165, 1.54) is 11.8 Å². The first-order chi connectivity index (χ1) is 14.3. The molecule has 7 heteroatoms. The zero-order valence-electron chi connectivity index (χ0n) is 18.0. The number of ether oxygens (including phenoxy) is 1. The van der Waals surface area contributed by atoms with Gasteiger partial charge in [-0.3, -0.25) is 9.59 Å². The molecule has 1 aliphatic heterocycles. The highest BCUT2D eigenvalue weighted by Crippen LogP contribution is 2.36. The summed E-state index contributed by atoms with van der Waals surface area (Å²) in [5.74, 6) is 1.27. The number of pyridine rings is 1. The molecule has 3 rings (SSSR count). The number of amides is 2. The number of fused-ring (bicyclic) bond motifs is 1. The first-order valence-corrected chi connectivity index (χ1v) is 11.3. The summed E-state index contributed by atoms with van der Waals surface area (Å²) in [6, 6.07) is 9.73. The van der Waals surface area contributed by atoms with Gasteiger partial charge in [0.15, 0.2) is 0 Å². The van der Waals surface area contributed by atoms with Gasteiger partial charge in [-0.25, -0.2) is 4.98 Å². The summed E-state index contributed by atoms with van der Waals surface area (Å²) in [4.78, 5) is 31.0. The number of anilines is 1. The number of nitrogens with zero attached hydrogens (tertiary/aromatic N) is 2. The lowest BCUT2D eigenvalue weighted by Gasteiger charge is -2.30. The second-order valence-corrected chi connectivity index (χ2v) is 8.72. The number of nitrogens with one attached hydrogen (secondary N) is 1. The van der Waals surface area contributed by atoms with Crippen molar-refractivity contribution in [2.45, 2.75) is 58.2 Å². The van der Waals surface area contributed by atoms with E-state index in [1.54, 1.807) is 4.90 Å². The Morgan fingerprint density at radius 3 is 2.70 bits per heavy atom. The summed E-state index contributed by atoms with van der Waals surface area (Å²) in [6.45, 7) is 8.94. The first-order valence-electron chi connectivity index (χ1n) is 10.3. The molecule has 0 bridgehead atoms. The van der Waals surface area contributed by atoms with Crippen molar-refractivity contribution in [2.75, 3.05) is 17.2 Å². The highest BCUT2D eigenvalue weighted by atomic mass is 32.2. The third-order valence-corrected chi connectivity index (χ3v) is 5.70. The Labute approximate surface area is 182 Å². The minimum atomic E-state index is -0.0182. The van der Waals surface area contributed by atoms with Crippen molar-refractivity contribution in [1.82, 2.24) is 10.3 Å². The molecule has 0 spiro atoms. The Morgan fingerprint density at radius 2 is 2.00 bits per heavy atom. The minimum absolute atomic E-state index is 0.0182. The van der Waals surface area contributed by atoms with E-state index >= 15 is 0 Å². The fourth-order valence-corrected chi connectivity index (χ4v) is 4.47. The third kappa shape index (κ3) is 5.75. The average molecular weight is 428 g/mol. The molecule has 1 aromatic carbocycles. The number of rotatable bonds is 8. The molecule has 0 aliphatic carbocycles. The summed E-state index contributed by atoms with van der Waals surface area (Å²) in [5, 5.41) is 3.85. The van der Waals surface area contributed by atoms with Crippen LogP contribution >= 0.6 is 11.8 Å². The highest BCUT2D eigenvalue weighted by Gasteiger charge is 2.27. The number of hydrogen-bond donors (Lipinski definition) is 1. The van der Waals surface area contributed by atoms with E-state index in [9.17, 15) is 9.59 Å². The van der Waals surface area contributed by atoms with Crippen LogP contribution in [0.2, 0.25) is 0 Å². The van der Waals surface area contributed by atoms with Crippen LogP contribution in [-0.4, -0.2) is 35.2 Å². The fourth-order valence-electron chi connectivity index (χ4n) is 3.44. The van der Waals surface area contributed by atoms with E-state index in [0.29, 0.717) is 31.7 Å². The van der Waals surface area contributed by atoms with Crippen LogP contribution in [0.4, 0.5) is 5.69 Å². The van der Waals surface area contributed by atoms with Crippen LogP contribution < -0.4 is 15.0 Å². The summed E-state index contributed by atoms with van der Waals surface area (Å²) < 4.78 is 5.63. The van der Waals surface area contributed by atoms with Crippen molar-refractivity contribution in [3.63, 3.8) is 0 Å². The molecule has 6 nitrogen and oxygen atoms in total. The second kappa shape index (κ2) is 9.98. The van der Waals surface area contributed by atoms with Crippen molar-refractivity contribution >= 4 is 29.3 Å². The van der Waals surface area contributed by atoms with Crippen LogP contribution in [0.1, 0.15) is 43.5 Å². The summed E-state index contributed by atoms with van der Waals surface area (Å²) >= 11 is 1.49. The molecule has 0 fully saturated rings. The van der Waals surface area contributed by atoms with E-state index in [2.05, 4.69) is 10.3 Å². The maximum absolute atomic E-state index is 12.4. The quantitative estimate of drug-likeness (QED) is 0.689. The van der Waals surface area contributed by atoms with E-state index in [4.69, 9.17) is 4.74 Å². The Bertz CT molecular complexity index is 913. The molecule has 1 aliphatic rings. The van der Waals surface area contributed by atoms with Gasteiger partial charge in [0.05, 0.1) is 17.5 Å². The SMILES string of the molecule is Cc1cc(C)c2c(n1)SCC(=O)N2CCCC(=O)NCc1ccc(OC(C)C)cc1.